The molecule has 2 aromatic carbocycles. The number of carbonyl (C=O) groups excluding carboxylic acids is 2. The lowest BCUT2D eigenvalue weighted by atomic mass is 10.1. The molecule has 0 bridgehead atoms. The molecule has 4 heteroatoms. The van der Waals surface area contributed by atoms with E-state index in [1.54, 1.807) is 4.90 Å². The molecule has 1 aliphatic carbocycles. The Morgan fingerprint density at radius 1 is 1.03 bits per heavy atom. The van der Waals surface area contributed by atoms with E-state index in [2.05, 4.69) is 11.4 Å². The lowest BCUT2D eigenvalue weighted by Gasteiger charge is -2.31. The number of nitrogens with one attached hydrogen (secondary N) is 1. The van der Waals surface area contributed by atoms with Crippen LogP contribution in [0.5, 0.6) is 0 Å². The van der Waals surface area contributed by atoms with E-state index in [4.69, 9.17) is 0 Å². The van der Waals surface area contributed by atoms with Gasteiger partial charge in [0.05, 0.1) is 6.42 Å². The van der Waals surface area contributed by atoms with Gasteiger partial charge in [-0.25, -0.2) is 0 Å². The van der Waals surface area contributed by atoms with Gasteiger partial charge in [0.15, 0.2) is 0 Å². The zero-order valence-electron chi connectivity index (χ0n) is 17.6. The highest BCUT2D eigenvalue weighted by atomic mass is 16.2. The van der Waals surface area contributed by atoms with Crippen LogP contribution in [0.1, 0.15) is 55.7 Å². The summed E-state index contributed by atoms with van der Waals surface area (Å²) in [5.41, 5.74) is 3.18. The molecule has 1 atom stereocenters. The minimum absolute atomic E-state index is 0.00821. The minimum atomic E-state index is -0.452. The molecule has 1 N–H and O–H groups in total. The summed E-state index contributed by atoms with van der Waals surface area (Å²) in [5.74, 6) is -0.0282. The Bertz CT molecular complexity index is 813. The first-order chi connectivity index (χ1) is 14.1. The van der Waals surface area contributed by atoms with Gasteiger partial charge in [-0.1, -0.05) is 79.9 Å². The summed E-state index contributed by atoms with van der Waals surface area (Å²) >= 11 is 0. The molecule has 0 saturated heterocycles. The van der Waals surface area contributed by atoms with Crippen LogP contribution >= 0.6 is 0 Å². The second-order valence-electron chi connectivity index (χ2n) is 8.09. The highest BCUT2D eigenvalue weighted by molar-refractivity contribution is 5.88. The van der Waals surface area contributed by atoms with Gasteiger partial charge in [-0.2, -0.15) is 0 Å². The van der Waals surface area contributed by atoms with Crippen molar-refractivity contribution in [1.29, 1.82) is 0 Å². The number of carbonyl (C=O) groups is 2. The molecule has 154 valence electrons. The average Bonchev–Trinajstić information content (AvgIpc) is 3.21. The summed E-state index contributed by atoms with van der Waals surface area (Å²) in [7, 11) is 0. The first kappa shape index (κ1) is 21.1. The molecule has 4 nitrogen and oxygen atoms in total. The van der Waals surface area contributed by atoms with E-state index in [1.165, 1.54) is 12.8 Å². The van der Waals surface area contributed by atoms with Crippen molar-refractivity contribution in [1.82, 2.24) is 10.2 Å². The second-order valence-corrected chi connectivity index (χ2v) is 8.09. The maximum atomic E-state index is 13.3. The predicted molar refractivity (Wildman–Crippen MR) is 116 cm³/mol. The van der Waals surface area contributed by atoms with Gasteiger partial charge in [0.2, 0.25) is 11.8 Å². The van der Waals surface area contributed by atoms with Crippen molar-refractivity contribution in [3.05, 3.63) is 71.3 Å². The summed E-state index contributed by atoms with van der Waals surface area (Å²) in [6.07, 6.45) is 5.32. The number of benzene rings is 2. The topological polar surface area (TPSA) is 49.4 Å². The minimum Gasteiger partial charge on any atom is -0.352 e. The fourth-order valence-corrected chi connectivity index (χ4v) is 4.17. The van der Waals surface area contributed by atoms with Gasteiger partial charge in [-0.15, -0.1) is 0 Å². The molecule has 2 amide bonds. The van der Waals surface area contributed by atoms with Gasteiger partial charge in [0.1, 0.15) is 6.04 Å². The zero-order chi connectivity index (χ0) is 20.6. The molecule has 0 aromatic heterocycles. The van der Waals surface area contributed by atoms with E-state index in [0.717, 1.165) is 29.5 Å². The van der Waals surface area contributed by atoms with Gasteiger partial charge >= 0.3 is 0 Å². The molecular formula is C25H32N2O2. The van der Waals surface area contributed by atoms with Gasteiger partial charge in [0.25, 0.3) is 0 Å². The van der Waals surface area contributed by atoms with Crippen molar-refractivity contribution in [2.75, 3.05) is 0 Å². The van der Waals surface area contributed by atoms with Crippen molar-refractivity contribution >= 4 is 11.8 Å². The van der Waals surface area contributed by atoms with Crippen LogP contribution in [0.4, 0.5) is 0 Å². The van der Waals surface area contributed by atoms with E-state index < -0.39 is 6.04 Å². The van der Waals surface area contributed by atoms with Crippen molar-refractivity contribution < 1.29 is 9.59 Å². The predicted octanol–water partition coefficient (Wildman–Crippen LogP) is 4.40. The van der Waals surface area contributed by atoms with Gasteiger partial charge < -0.3 is 10.2 Å². The molecule has 0 unspecified atom stereocenters. The molecule has 1 aliphatic rings. The van der Waals surface area contributed by atoms with Crippen molar-refractivity contribution in [2.24, 2.45) is 0 Å². The Kier molecular flexibility index (Phi) is 7.45. The molecule has 3 rings (SSSR count). The number of rotatable bonds is 8. The Hall–Kier alpha value is -2.62. The Morgan fingerprint density at radius 3 is 2.38 bits per heavy atom. The summed E-state index contributed by atoms with van der Waals surface area (Å²) in [6.45, 7) is 4.48. The molecular weight excluding hydrogens is 360 g/mol. The van der Waals surface area contributed by atoms with E-state index in [-0.39, 0.29) is 17.9 Å². The Labute approximate surface area is 174 Å². The SMILES string of the molecule is CC[C@@H](C(=O)NC1CCCC1)N(Cc1cccc(C)c1)C(=O)Cc1ccccc1. The lowest BCUT2D eigenvalue weighted by Crippen LogP contribution is -2.51. The smallest absolute Gasteiger partial charge is 0.243 e. The van der Waals surface area contributed by atoms with Gasteiger partial charge in [-0.05, 0) is 37.3 Å². The number of nitrogens with zero attached hydrogens (tertiary/aromatic N) is 1. The van der Waals surface area contributed by atoms with Gasteiger partial charge in [0, 0.05) is 12.6 Å². The monoisotopic (exact) mass is 392 g/mol. The Morgan fingerprint density at radius 2 is 1.72 bits per heavy atom. The molecule has 1 saturated carbocycles. The van der Waals surface area contributed by atoms with Crippen LogP contribution in [0, 0.1) is 6.92 Å². The molecule has 0 heterocycles. The molecule has 1 fully saturated rings. The van der Waals surface area contributed by atoms with Gasteiger partial charge in [-0.3, -0.25) is 9.59 Å². The van der Waals surface area contributed by atoms with Crippen LogP contribution < -0.4 is 5.32 Å². The third kappa shape index (κ3) is 5.93. The maximum absolute atomic E-state index is 13.3. The summed E-state index contributed by atoms with van der Waals surface area (Å²) in [6, 6.07) is 17.7. The van der Waals surface area contributed by atoms with Crippen molar-refractivity contribution in [3.63, 3.8) is 0 Å². The molecule has 0 aliphatic heterocycles. The fraction of sp³-hybridized carbons (Fsp3) is 0.440. The number of hydrogen-bond donors (Lipinski definition) is 1. The average molecular weight is 393 g/mol. The van der Waals surface area contributed by atoms with Crippen LogP contribution in [0.15, 0.2) is 54.6 Å². The highest BCUT2D eigenvalue weighted by Gasteiger charge is 2.30. The third-order valence-electron chi connectivity index (χ3n) is 5.72. The summed E-state index contributed by atoms with van der Waals surface area (Å²) in [5, 5.41) is 3.19. The number of amides is 2. The third-order valence-corrected chi connectivity index (χ3v) is 5.72. The highest BCUT2D eigenvalue weighted by Crippen LogP contribution is 2.20. The van der Waals surface area contributed by atoms with Crippen LogP contribution in [-0.2, 0) is 22.6 Å². The molecule has 29 heavy (non-hydrogen) atoms. The second kappa shape index (κ2) is 10.2. The molecule has 0 radical (unpaired) electrons. The van der Waals surface area contributed by atoms with E-state index in [9.17, 15) is 9.59 Å². The quantitative estimate of drug-likeness (QED) is 0.724. The molecule has 2 aromatic rings. The normalized spacial score (nSPS) is 15.1. The standard InChI is InChI=1S/C25H32N2O2/c1-3-23(25(29)26-22-14-7-8-15-22)27(18-21-13-9-10-19(2)16-21)24(28)17-20-11-5-4-6-12-20/h4-6,9-13,16,22-23H,3,7-8,14-15,17-18H2,1-2H3,(H,26,29)/t23-/m0/s1. The first-order valence-electron chi connectivity index (χ1n) is 10.8. The fourth-order valence-electron chi connectivity index (χ4n) is 4.17. The van der Waals surface area contributed by atoms with E-state index >= 15 is 0 Å². The van der Waals surface area contributed by atoms with Crippen LogP contribution in [-0.4, -0.2) is 28.8 Å². The van der Waals surface area contributed by atoms with Crippen LogP contribution in [0.2, 0.25) is 0 Å². The van der Waals surface area contributed by atoms with Crippen molar-refractivity contribution in [3.8, 4) is 0 Å². The summed E-state index contributed by atoms with van der Waals surface area (Å²) < 4.78 is 0. The first-order valence-corrected chi connectivity index (χ1v) is 10.8. The number of aryl methyl sites for hydroxylation is 1. The molecule has 0 spiro atoms. The van der Waals surface area contributed by atoms with Crippen LogP contribution in [0.3, 0.4) is 0 Å². The number of hydrogen-bond acceptors (Lipinski definition) is 2. The zero-order valence-corrected chi connectivity index (χ0v) is 17.6. The lowest BCUT2D eigenvalue weighted by molar-refractivity contribution is -0.141. The maximum Gasteiger partial charge on any atom is 0.243 e. The van der Waals surface area contributed by atoms with E-state index in [1.807, 2.05) is 62.4 Å². The van der Waals surface area contributed by atoms with E-state index in [0.29, 0.717) is 19.4 Å². The Balaban J connectivity index is 1.80. The largest absolute Gasteiger partial charge is 0.352 e. The van der Waals surface area contributed by atoms with Crippen LogP contribution in [0.25, 0.3) is 0 Å². The summed E-state index contributed by atoms with van der Waals surface area (Å²) in [4.78, 5) is 28.1. The van der Waals surface area contributed by atoms with Crippen molar-refractivity contribution in [2.45, 2.75) is 71.0 Å².